The fourth-order valence-electron chi connectivity index (χ4n) is 0.997. The largest absolute Gasteiger partial charge is 0.154 e. The quantitative estimate of drug-likeness (QED) is 0.594. The van der Waals surface area contributed by atoms with Crippen molar-refractivity contribution in [2.24, 2.45) is 0 Å². The van der Waals surface area contributed by atoms with E-state index in [0.717, 1.165) is 6.42 Å². The van der Waals surface area contributed by atoms with Crippen LogP contribution in [-0.4, -0.2) is 12.5 Å². The van der Waals surface area contributed by atoms with Crippen LogP contribution in [0.4, 0.5) is 0 Å². The molecular weight excluding hydrogens is 152 g/mol. The average Bonchev–Trinajstić information content (AvgIpc) is 2.05. The van der Waals surface area contributed by atoms with Gasteiger partial charge < -0.3 is 0 Å². The lowest BCUT2D eigenvalue weighted by molar-refractivity contribution is 1.13. The first kappa shape index (κ1) is 8.66. The van der Waals surface area contributed by atoms with E-state index in [1.807, 2.05) is 0 Å². The minimum atomic E-state index is 0.411. The highest BCUT2D eigenvalue weighted by Crippen LogP contribution is 2.10. The summed E-state index contributed by atoms with van der Waals surface area (Å²) in [6.45, 7) is 2.19. The minimum Gasteiger partial charge on any atom is -0.0613 e. The zero-order valence-corrected chi connectivity index (χ0v) is 8.24. The standard InChI is InChI=1S/C10H15S/c1-4-9-5-7-10(8-6-9)11(2)3/h5-8H,4H2,1-3H3/q+1. The highest BCUT2D eigenvalue weighted by molar-refractivity contribution is 7.95. The summed E-state index contributed by atoms with van der Waals surface area (Å²) in [4.78, 5) is 1.46. The highest BCUT2D eigenvalue weighted by Gasteiger charge is 2.05. The molecule has 0 aromatic heterocycles. The predicted octanol–water partition coefficient (Wildman–Crippen LogP) is 2.49. The van der Waals surface area contributed by atoms with Gasteiger partial charge in [0.15, 0.2) is 4.90 Å². The lowest BCUT2D eigenvalue weighted by Gasteiger charge is -1.97. The summed E-state index contributed by atoms with van der Waals surface area (Å²) in [6.07, 6.45) is 5.64. The van der Waals surface area contributed by atoms with Crippen molar-refractivity contribution in [2.45, 2.75) is 18.2 Å². The second-order valence-corrected chi connectivity index (χ2v) is 4.92. The van der Waals surface area contributed by atoms with Gasteiger partial charge in [0.25, 0.3) is 0 Å². The van der Waals surface area contributed by atoms with Crippen LogP contribution in [0.1, 0.15) is 12.5 Å². The third-order valence-electron chi connectivity index (χ3n) is 1.80. The van der Waals surface area contributed by atoms with Crippen LogP contribution in [0.25, 0.3) is 0 Å². The van der Waals surface area contributed by atoms with Crippen LogP contribution >= 0.6 is 0 Å². The molecule has 0 amide bonds. The van der Waals surface area contributed by atoms with Crippen molar-refractivity contribution in [3.63, 3.8) is 0 Å². The van der Waals surface area contributed by atoms with E-state index in [1.54, 1.807) is 0 Å². The molecule has 0 nitrogen and oxygen atoms in total. The van der Waals surface area contributed by atoms with Gasteiger partial charge in [-0.15, -0.1) is 0 Å². The molecule has 0 aliphatic carbocycles. The third kappa shape index (κ3) is 2.26. The zero-order valence-electron chi connectivity index (χ0n) is 7.42. The first-order chi connectivity index (χ1) is 5.24. The van der Waals surface area contributed by atoms with E-state index in [1.165, 1.54) is 10.5 Å². The molecule has 0 atom stereocenters. The molecule has 60 valence electrons. The molecule has 0 aliphatic rings. The van der Waals surface area contributed by atoms with Gasteiger partial charge in [-0.05, 0) is 24.1 Å². The molecule has 0 saturated carbocycles. The van der Waals surface area contributed by atoms with Crippen LogP contribution in [0.3, 0.4) is 0 Å². The molecule has 0 N–H and O–H groups in total. The van der Waals surface area contributed by atoms with E-state index in [4.69, 9.17) is 0 Å². The first-order valence-corrected chi connectivity index (χ1v) is 5.94. The molecule has 0 unspecified atom stereocenters. The molecule has 0 spiro atoms. The second-order valence-electron chi connectivity index (χ2n) is 2.81. The van der Waals surface area contributed by atoms with Gasteiger partial charge in [0.05, 0.1) is 0 Å². The van der Waals surface area contributed by atoms with Gasteiger partial charge in [0.2, 0.25) is 0 Å². The monoisotopic (exact) mass is 167 g/mol. The Bertz CT molecular complexity index is 211. The zero-order chi connectivity index (χ0) is 8.27. The summed E-state index contributed by atoms with van der Waals surface area (Å²) in [5.74, 6) is 0. The van der Waals surface area contributed by atoms with Crippen molar-refractivity contribution in [3.05, 3.63) is 29.8 Å². The number of hydrogen-bond donors (Lipinski definition) is 0. The molecule has 1 rings (SSSR count). The maximum Gasteiger partial charge on any atom is 0.154 e. The van der Waals surface area contributed by atoms with E-state index in [9.17, 15) is 0 Å². The van der Waals surface area contributed by atoms with Gasteiger partial charge in [-0.25, -0.2) is 0 Å². The van der Waals surface area contributed by atoms with Crippen molar-refractivity contribution < 1.29 is 0 Å². The molecule has 0 fully saturated rings. The van der Waals surface area contributed by atoms with E-state index >= 15 is 0 Å². The Kier molecular flexibility index (Phi) is 3.01. The summed E-state index contributed by atoms with van der Waals surface area (Å²) in [6, 6.07) is 8.93. The van der Waals surface area contributed by atoms with Crippen LogP contribution in [-0.2, 0) is 17.3 Å². The van der Waals surface area contributed by atoms with E-state index in [-0.39, 0.29) is 0 Å². The molecular formula is C10H15S+. The molecule has 0 aliphatic heterocycles. The van der Waals surface area contributed by atoms with Gasteiger partial charge in [0, 0.05) is 10.9 Å². The van der Waals surface area contributed by atoms with Crippen molar-refractivity contribution in [2.75, 3.05) is 12.5 Å². The molecule has 0 saturated heterocycles. The van der Waals surface area contributed by atoms with Crippen LogP contribution < -0.4 is 0 Å². The van der Waals surface area contributed by atoms with E-state index < -0.39 is 0 Å². The lowest BCUT2D eigenvalue weighted by Crippen LogP contribution is -1.94. The van der Waals surface area contributed by atoms with Gasteiger partial charge >= 0.3 is 0 Å². The Hall–Kier alpha value is -0.430. The lowest BCUT2D eigenvalue weighted by atomic mass is 10.2. The smallest absolute Gasteiger partial charge is 0.0613 e. The minimum absolute atomic E-state index is 0.411. The van der Waals surface area contributed by atoms with Crippen molar-refractivity contribution in [3.8, 4) is 0 Å². The number of hydrogen-bond acceptors (Lipinski definition) is 0. The first-order valence-electron chi connectivity index (χ1n) is 3.90. The normalized spacial score (nSPS) is 10.5. The van der Waals surface area contributed by atoms with Gasteiger partial charge in [-0.3, -0.25) is 0 Å². The fourth-order valence-corrected chi connectivity index (χ4v) is 1.68. The fraction of sp³-hybridized carbons (Fsp3) is 0.400. The topological polar surface area (TPSA) is 0 Å². The van der Waals surface area contributed by atoms with Crippen LogP contribution in [0.2, 0.25) is 0 Å². The number of rotatable bonds is 2. The Morgan fingerprint density at radius 2 is 1.64 bits per heavy atom. The van der Waals surface area contributed by atoms with Crippen LogP contribution in [0.5, 0.6) is 0 Å². The van der Waals surface area contributed by atoms with Gasteiger partial charge in [-0.1, -0.05) is 19.1 Å². The number of benzene rings is 1. The van der Waals surface area contributed by atoms with Gasteiger partial charge in [0.1, 0.15) is 12.5 Å². The van der Waals surface area contributed by atoms with Crippen LogP contribution in [0, 0.1) is 0 Å². The third-order valence-corrected chi connectivity index (χ3v) is 3.02. The second kappa shape index (κ2) is 3.82. The molecule has 11 heavy (non-hydrogen) atoms. The van der Waals surface area contributed by atoms with E-state index in [0.29, 0.717) is 10.9 Å². The summed E-state index contributed by atoms with van der Waals surface area (Å²) in [7, 11) is 0.411. The highest BCUT2D eigenvalue weighted by atomic mass is 32.2. The average molecular weight is 167 g/mol. The Balaban J connectivity index is 2.83. The molecule has 0 heterocycles. The molecule has 0 bridgehead atoms. The summed E-state index contributed by atoms with van der Waals surface area (Å²) in [5.41, 5.74) is 1.43. The van der Waals surface area contributed by atoms with E-state index in [2.05, 4.69) is 43.7 Å². The molecule has 1 heteroatoms. The summed E-state index contributed by atoms with van der Waals surface area (Å²) < 4.78 is 0. The predicted molar refractivity (Wildman–Crippen MR) is 53.3 cm³/mol. The molecule has 1 aromatic rings. The Morgan fingerprint density at radius 3 is 2.00 bits per heavy atom. The van der Waals surface area contributed by atoms with Crippen LogP contribution in [0.15, 0.2) is 29.2 Å². The Labute approximate surface area is 72.0 Å². The number of aryl methyl sites for hydroxylation is 1. The Morgan fingerprint density at radius 1 is 1.09 bits per heavy atom. The van der Waals surface area contributed by atoms with Crippen molar-refractivity contribution in [1.29, 1.82) is 0 Å². The molecule has 0 radical (unpaired) electrons. The van der Waals surface area contributed by atoms with Gasteiger partial charge in [-0.2, -0.15) is 0 Å². The summed E-state index contributed by atoms with van der Waals surface area (Å²) >= 11 is 0. The van der Waals surface area contributed by atoms with Crippen molar-refractivity contribution in [1.82, 2.24) is 0 Å². The SMILES string of the molecule is CCc1ccc([S+](C)C)cc1. The molecule has 1 aromatic carbocycles. The summed E-state index contributed by atoms with van der Waals surface area (Å²) in [5, 5.41) is 0. The van der Waals surface area contributed by atoms with Crippen molar-refractivity contribution >= 4 is 10.9 Å². The maximum atomic E-state index is 2.25. The maximum absolute atomic E-state index is 2.25.